The molecule has 1 aliphatic rings. The van der Waals surface area contributed by atoms with Gasteiger partial charge in [-0.2, -0.15) is 0 Å². The summed E-state index contributed by atoms with van der Waals surface area (Å²) in [6.07, 6.45) is 3.37. The number of hydrogen-bond acceptors (Lipinski definition) is 5. The molecule has 36 heavy (non-hydrogen) atoms. The summed E-state index contributed by atoms with van der Waals surface area (Å²) in [6.45, 7) is 12.7. The lowest BCUT2D eigenvalue weighted by Crippen LogP contribution is -2.32. The first-order valence-electron chi connectivity index (χ1n) is 12.5. The van der Waals surface area contributed by atoms with Gasteiger partial charge in [-0.05, 0) is 68.9 Å². The van der Waals surface area contributed by atoms with Gasteiger partial charge >= 0.3 is 0 Å². The van der Waals surface area contributed by atoms with Gasteiger partial charge in [-0.3, -0.25) is 0 Å². The molecule has 1 aromatic heterocycles. The molecule has 1 fully saturated rings. The second-order valence-electron chi connectivity index (χ2n) is 9.64. The summed E-state index contributed by atoms with van der Waals surface area (Å²) in [6, 6.07) is 14.7. The van der Waals surface area contributed by atoms with Crippen LogP contribution in [-0.2, 0) is 17.7 Å². The highest BCUT2D eigenvalue weighted by atomic mass is 79.9. The standard InChI is InChI=1S/C30H35BrN2O2S/c1-6-26(34)27(35-18(2)3)16-21-14-24(19(4)25(31)15-21)17-32-29(22-12-13-22)28-20(5)36-30(33-28)23-10-8-7-9-11-23/h6-11,14-15,18,26-27,32,34H,1,12-13,16-17H2,2-5H3. The summed E-state index contributed by atoms with van der Waals surface area (Å²) in [5, 5.41) is 15.2. The molecule has 0 bridgehead atoms. The topological polar surface area (TPSA) is 54.4 Å². The fourth-order valence-corrected chi connectivity index (χ4v) is 5.76. The van der Waals surface area contributed by atoms with E-state index in [0.29, 0.717) is 13.0 Å². The van der Waals surface area contributed by atoms with Crippen LogP contribution in [0.4, 0.5) is 0 Å². The normalized spacial score (nSPS) is 14.6. The van der Waals surface area contributed by atoms with Crippen LogP contribution in [0.2, 0.25) is 0 Å². The van der Waals surface area contributed by atoms with E-state index in [1.54, 1.807) is 17.4 Å². The Bertz CT molecular complexity index is 1240. The van der Waals surface area contributed by atoms with Gasteiger partial charge < -0.3 is 15.2 Å². The Morgan fingerprint density at radius 2 is 1.94 bits per heavy atom. The molecule has 6 heteroatoms. The van der Waals surface area contributed by atoms with Gasteiger partial charge in [-0.1, -0.05) is 58.4 Å². The van der Waals surface area contributed by atoms with Crippen molar-refractivity contribution in [1.82, 2.24) is 10.3 Å². The van der Waals surface area contributed by atoms with Gasteiger partial charge in [0.05, 0.1) is 24.0 Å². The Balaban J connectivity index is 1.56. The summed E-state index contributed by atoms with van der Waals surface area (Å²) in [5.41, 5.74) is 8.38. The molecule has 3 aromatic rings. The maximum Gasteiger partial charge on any atom is 0.124 e. The van der Waals surface area contributed by atoms with Crippen molar-refractivity contribution in [2.75, 3.05) is 0 Å². The first kappa shape index (κ1) is 26.8. The van der Waals surface area contributed by atoms with E-state index in [1.165, 1.54) is 27.3 Å². The highest BCUT2D eigenvalue weighted by molar-refractivity contribution is 9.10. The number of aryl methyl sites for hydroxylation is 1. The van der Waals surface area contributed by atoms with Crippen LogP contribution in [0.5, 0.6) is 0 Å². The van der Waals surface area contributed by atoms with Crippen molar-refractivity contribution < 1.29 is 9.84 Å². The summed E-state index contributed by atoms with van der Waals surface area (Å²) in [4.78, 5) is 6.27. The van der Waals surface area contributed by atoms with Gasteiger partial charge in [-0.15, -0.1) is 17.9 Å². The van der Waals surface area contributed by atoms with Gasteiger partial charge in [0.25, 0.3) is 0 Å². The van der Waals surface area contributed by atoms with Crippen LogP contribution < -0.4 is 5.32 Å². The van der Waals surface area contributed by atoms with Crippen molar-refractivity contribution in [3.05, 3.63) is 92.4 Å². The number of ether oxygens (including phenoxy) is 1. The number of aliphatic hydroxyl groups is 1. The monoisotopic (exact) mass is 566 g/mol. The highest BCUT2D eigenvalue weighted by Gasteiger charge is 2.24. The van der Waals surface area contributed by atoms with E-state index in [-0.39, 0.29) is 12.2 Å². The molecule has 0 aliphatic heterocycles. The Morgan fingerprint density at radius 1 is 1.22 bits per heavy atom. The molecule has 1 aliphatic carbocycles. The predicted octanol–water partition coefficient (Wildman–Crippen LogP) is 7.37. The van der Waals surface area contributed by atoms with E-state index < -0.39 is 6.10 Å². The maximum absolute atomic E-state index is 10.4. The Morgan fingerprint density at radius 3 is 2.58 bits per heavy atom. The third-order valence-electron chi connectivity index (χ3n) is 6.38. The van der Waals surface area contributed by atoms with Crippen LogP contribution in [0.15, 0.2) is 65.2 Å². The molecule has 0 radical (unpaired) electrons. The highest BCUT2D eigenvalue weighted by Crippen LogP contribution is 2.39. The minimum atomic E-state index is -0.716. The van der Waals surface area contributed by atoms with E-state index in [1.807, 2.05) is 19.9 Å². The smallest absolute Gasteiger partial charge is 0.124 e. The van der Waals surface area contributed by atoms with Crippen LogP contribution in [0.3, 0.4) is 0 Å². The molecule has 190 valence electrons. The zero-order valence-corrected chi connectivity index (χ0v) is 23.9. The zero-order valence-electron chi connectivity index (χ0n) is 21.5. The van der Waals surface area contributed by atoms with E-state index >= 15 is 0 Å². The van der Waals surface area contributed by atoms with Gasteiger partial charge in [-0.25, -0.2) is 4.98 Å². The van der Waals surface area contributed by atoms with Crippen molar-refractivity contribution >= 4 is 33.0 Å². The number of allylic oxidation sites excluding steroid dienone is 1. The molecule has 2 unspecified atom stereocenters. The predicted molar refractivity (Wildman–Crippen MR) is 154 cm³/mol. The Hall–Kier alpha value is -2.25. The summed E-state index contributed by atoms with van der Waals surface area (Å²) in [5.74, 6) is 0. The lowest BCUT2D eigenvalue weighted by molar-refractivity contribution is -0.0474. The molecule has 1 heterocycles. The SMILES string of the molecule is C=CC(O)C(Cc1cc(Br)c(C)c(CNC(=C2CC2)c2nc(-c3ccccc3)sc2C)c1)OC(C)C. The first-order valence-corrected chi connectivity index (χ1v) is 14.1. The average Bonchev–Trinajstić information content (AvgIpc) is 3.63. The number of aliphatic hydroxyl groups excluding tert-OH is 1. The fourth-order valence-electron chi connectivity index (χ4n) is 4.29. The lowest BCUT2D eigenvalue weighted by Gasteiger charge is -2.24. The Kier molecular flexibility index (Phi) is 8.83. The van der Waals surface area contributed by atoms with E-state index in [9.17, 15) is 5.11 Å². The van der Waals surface area contributed by atoms with Crippen LogP contribution in [0.25, 0.3) is 16.3 Å². The molecule has 2 N–H and O–H groups in total. The van der Waals surface area contributed by atoms with Gasteiger partial charge in [0, 0.05) is 27.9 Å². The number of benzene rings is 2. The van der Waals surface area contributed by atoms with E-state index in [0.717, 1.165) is 39.1 Å². The van der Waals surface area contributed by atoms with Gasteiger partial charge in [0.2, 0.25) is 0 Å². The molecule has 4 rings (SSSR count). The molecule has 2 aromatic carbocycles. The second-order valence-corrected chi connectivity index (χ2v) is 11.7. The number of rotatable bonds is 11. The van der Waals surface area contributed by atoms with Gasteiger partial charge in [0.15, 0.2) is 0 Å². The quantitative estimate of drug-likeness (QED) is 0.238. The fraction of sp³-hybridized carbons (Fsp3) is 0.367. The molecule has 2 atom stereocenters. The van der Waals surface area contributed by atoms with Crippen LogP contribution in [0.1, 0.15) is 54.0 Å². The largest absolute Gasteiger partial charge is 0.386 e. The second kappa shape index (κ2) is 11.9. The van der Waals surface area contributed by atoms with Crippen molar-refractivity contribution in [2.24, 2.45) is 0 Å². The van der Waals surface area contributed by atoms with Crippen molar-refractivity contribution in [1.29, 1.82) is 0 Å². The number of aromatic nitrogens is 1. The molecule has 0 amide bonds. The van der Waals surface area contributed by atoms with Crippen molar-refractivity contribution in [2.45, 2.75) is 71.8 Å². The molecular formula is C30H35BrN2O2S. The number of nitrogens with one attached hydrogen (secondary N) is 1. The van der Waals surface area contributed by atoms with Crippen LogP contribution in [0, 0.1) is 13.8 Å². The molecular weight excluding hydrogens is 532 g/mol. The lowest BCUT2D eigenvalue weighted by atomic mass is 9.98. The minimum Gasteiger partial charge on any atom is -0.386 e. The summed E-state index contributed by atoms with van der Waals surface area (Å²) < 4.78 is 7.06. The summed E-state index contributed by atoms with van der Waals surface area (Å²) >= 11 is 5.50. The van der Waals surface area contributed by atoms with Crippen molar-refractivity contribution in [3.8, 4) is 10.6 Å². The van der Waals surface area contributed by atoms with Gasteiger partial charge in [0.1, 0.15) is 10.7 Å². The number of nitrogens with zero attached hydrogens (tertiary/aromatic N) is 1. The van der Waals surface area contributed by atoms with E-state index in [4.69, 9.17) is 9.72 Å². The Labute approximate surface area is 227 Å². The molecule has 1 saturated carbocycles. The van der Waals surface area contributed by atoms with Crippen LogP contribution in [-0.4, -0.2) is 28.4 Å². The average molecular weight is 568 g/mol. The molecule has 0 saturated heterocycles. The molecule has 4 nitrogen and oxygen atoms in total. The minimum absolute atomic E-state index is 0.0227. The first-order chi connectivity index (χ1) is 17.3. The maximum atomic E-state index is 10.4. The van der Waals surface area contributed by atoms with Crippen molar-refractivity contribution in [3.63, 3.8) is 0 Å². The zero-order chi connectivity index (χ0) is 25.8. The third kappa shape index (κ3) is 6.54. The number of thiazole rings is 1. The molecule has 0 spiro atoms. The number of halogens is 1. The summed E-state index contributed by atoms with van der Waals surface area (Å²) in [7, 11) is 0. The number of hydrogen-bond donors (Lipinski definition) is 2. The van der Waals surface area contributed by atoms with E-state index in [2.05, 4.69) is 78.1 Å². The third-order valence-corrected chi connectivity index (χ3v) is 8.22. The van der Waals surface area contributed by atoms with Crippen LogP contribution >= 0.6 is 27.3 Å².